The Morgan fingerprint density at radius 2 is 1.31 bits per heavy atom. The summed E-state index contributed by atoms with van der Waals surface area (Å²) in [5.74, 6) is 0. The molecule has 0 heterocycles. The van der Waals surface area contributed by atoms with Gasteiger partial charge in [0.25, 0.3) is 0 Å². The standard InChI is InChI=1S/C29H40NO4P/c1-30(2,3)24-26-34-35(31,32)33-25-14-7-6-11-19-29-22-20-28(21-23-29)18-10-5-4-9-15-27-16-12-8-13-17-27/h4-5,8-10,12-13,15-18,20-23H,6-7,11,14,19,24-26H2,1-3H3/p+1/b5-4+,15-9+,18-10+. The van der Waals surface area contributed by atoms with E-state index >= 15 is 0 Å². The third-order valence-electron chi connectivity index (χ3n) is 5.32. The molecule has 190 valence electrons. The van der Waals surface area contributed by atoms with E-state index in [0.29, 0.717) is 11.0 Å². The molecular weight excluding hydrogens is 457 g/mol. The molecule has 2 aromatic carbocycles. The first-order valence-electron chi connectivity index (χ1n) is 12.3. The van der Waals surface area contributed by atoms with E-state index in [-0.39, 0.29) is 13.2 Å². The van der Waals surface area contributed by atoms with Gasteiger partial charge in [-0.3, -0.25) is 9.05 Å². The average molecular weight is 499 g/mol. The van der Waals surface area contributed by atoms with Crippen LogP contribution < -0.4 is 0 Å². The van der Waals surface area contributed by atoms with Crippen molar-refractivity contribution in [1.82, 2.24) is 0 Å². The van der Waals surface area contributed by atoms with Crippen molar-refractivity contribution in [3.8, 4) is 0 Å². The maximum absolute atomic E-state index is 11.9. The molecule has 0 aliphatic rings. The molecule has 0 aromatic heterocycles. The number of quaternary nitrogens is 1. The van der Waals surface area contributed by atoms with Gasteiger partial charge in [-0.2, -0.15) is 0 Å². The molecule has 0 amide bonds. The van der Waals surface area contributed by atoms with Crippen LogP contribution in [0.4, 0.5) is 0 Å². The third kappa shape index (κ3) is 14.7. The van der Waals surface area contributed by atoms with Gasteiger partial charge in [0.15, 0.2) is 0 Å². The number of aryl methyl sites for hydroxylation is 1. The molecule has 0 radical (unpaired) electrons. The molecule has 0 aliphatic carbocycles. The molecule has 0 saturated carbocycles. The fourth-order valence-electron chi connectivity index (χ4n) is 3.25. The summed E-state index contributed by atoms with van der Waals surface area (Å²) in [5.41, 5.74) is 3.70. The number of hydrogen-bond acceptors (Lipinski definition) is 3. The van der Waals surface area contributed by atoms with Crippen molar-refractivity contribution >= 4 is 20.0 Å². The lowest BCUT2D eigenvalue weighted by Crippen LogP contribution is -2.37. The van der Waals surface area contributed by atoms with Gasteiger partial charge < -0.3 is 9.38 Å². The van der Waals surface area contributed by atoms with Crippen molar-refractivity contribution in [3.63, 3.8) is 0 Å². The van der Waals surface area contributed by atoms with Crippen molar-refractivity contribution in [2.45, 2.75) is 32.1 Å². The summed E-state index contributed by atoms with van der Waals surface area (Å²) >= 11 is 0. The summed E-state index contributed by atoms with van der Waals surface area (Å²) in [7, 11) is 2.07. The second-order valence-electron chi connectivity index (χ2n) is 9.57. The van der Waals surface area contributed by atoms with Gasteiger partial charge in [0, 0.05) is 0 Å². The first-order valence-corrected chi connectivity index (χ1v) is 13.8. The SMILES string of the molecule is C[N+](C)(C)CCOP(=O)(O)OCCCCCCc1ccc(/C=C/C=C/C=C/c2ccccc2)cc1. The highest BCUT2D eigenvalue weighted by Gasteiger charge is 2.21. The molecule has 5 nitrogen and oxygen atoms in total. The van der Waals surface area contributed by atoms with Crippen molar-refractivity contribution in [2.24, 2.45) is 0 Å². The highest BCUT2D eigenvalue weighted by Crippen LogP contribution is 2.43. The van der Waals surface area contributed by atoms with Crippen LogP contribution in [-0.2, 0) is 20.0 Å². The van der Waals surface area contributed by atoms with Crippen LogP contribution >= 0.6 is 7.82 Å². The van der Waals surface area contributed by atoms with Crippen LogP contribution in [0.25, 0.3) is 12.2 Å². The van der Waals surface area contributed by atoms with E-state index in [4.69, 9.17) is 9.05 Å². The number of rotatable bonds is 16. The molecule has 0 fully saturated rings. The van der Waals surface area contributed by atoms with Crippen LogP contribution in [0, 0.1) is 0 Å². The van der Waals surface area contributed by atoms with E-state index in [9.17, 15) is 9.46 Å². The molecule has 6 heteroatoms. The van der Waals surface area contributed by atoms with Gasteiger partial charge in [0.2, 0.25) is 0 Å². The number of phosphoric acid groups is 1. The molecule has 1 unspecified atom stereocenters. The topological polar surface area (TPSA) is 55.8 Å². The monoisotopic (exact) mass is 498 g/mol. The maximum atomic E-state index is 11.9. The van der Waals surface area contributed by atoms with Gasteiger partial charge >= 0.3 is 7.82 Å². The van der Waals surface area contributed by atoms with E-state index in [1.807, 2.05) is 63.6 Å². The van der Waals surface area contributed by atoms with Crippen LogP contribution in [0.3, 0.4) is 0 Å². The smallest absolute Gasteiger partial charge is 0.329 e. The molecule has 0 spiro atoms. The predicted molar refractivity (Wildman–Crippen MR) is 147 cm³/mol. The highest BCUT2D eigenvalue weighted by molar-refractivity contribution is 7.47. The second kappa shape index (κ2) is 15.7. The number of hydrogen-bond donors (Lipinski definition) is 1. The fraction of sp³-hybridized carbons (Fsp3) is 0.379. The van der Waals surface area contributed by atoms with Gasteiger partial charge in [-0.15, -0.1) is 0 Å². The summed E-state index contributed by atoms with van der Waals surface area (Å²) in [6.07, 6.45) is 17.2. The Hall–Kier alpha value is -2.27. The van der Waals surface area contributed by atoms with Crippen molar-refractivity contribution in [3.05, 3.63) is 95.6 Å². The largest absolute Gasteiger partial charge is 0.472 e. The van der Waals surface area contributed by atoms with E-state index in [2.05, 4.69) is 48.6 Å². The van der Waals surface area contributed by atoms with Gasteiger partial charge in [0.1, 0.15) is 13.2 Å². The molecule has 1 N–H and O–H groups in total. The quantitative estimate of drug-likeness (QED) is 0.118. The van der Waals surface area contributed by atoms with Crippen molar-refractivity contribution < 1.29 is 23.0 Å². The predicted octanol–water partition coefficient (Wildman–Crippen LogP) is 6.91. The number of allylic oxidation sites excluding steroid dienone is 4. The normalized spacial score (nSPS) is 14.3. The molecule has 2 aromatic rings. The Morgan fingerprint density at radius 1 is 0.743 bits per heavy atom. The van der Waals surface area contributed by atoms with Gasteiger partial charge in [0.05, 0.1) is 27.7 Å². The Morgan fingerprint density at radius 3 is 1.94 bits per heavy atom. The average Bonchev–Trinajstić information content (AvgIpc) is 2.81. The summed E-state index contributed by atoms with van der Waals surface area (Å²) in [6, 6.07) is 18.9. The van der Waals surface area contributed by atoms with Gasteiger partial charge in [-0.25, -0.2) is 4.57 Å². The van der Waals surface area contributed by atoms with E-state index in [1.165, 1.54) is 16.7 Å². The summed E-state index contributed by atoms with van der Waals surface area (Å²) in [4.78, 5) is 9.71. The Bertz CT molecular complexity index is 976. The zero-order chi connectivity index (χ0) is 25.4. The third-order valence-corrected chi connectivity index (χ3v) is 6.34. The first-order chi connectivity index (χ1) is 16.7. The van der Waals surface area contributed by atoms with E-state index in [0.717, 1.165) is 32.1 Å². The minimum absolute atomic E-state index is 0.203. The van der Waals surface area contributed by atoms with Crippen LogP contribution in [0.5, 0.6) is 0 Å². The molecular formula is C29H41NO4P+. The number of phosphoric ester groups is 1. The highest BCUT2D eigenvalue weighted by atomic mass is 31.2. The number of likely N-dealkylation sites (N-methyl/N-ethyl adjacent to an activating group) is 1. The van der Waals surface area contributed by atoms with Crippen LogP contribution in [-0.4, -0.2) is 50.3 Å². The van der Waals surface area contributed by atoms with E-state index < -0.39 is 7.82 Å². The molecule has 0 aliphatic heterocycles. The Kier molecular flexibility index (Phi) is 13.0. The summed E-state index contributed by atoms with van der Waals surface area (Å²) in [5, 5.41) is 0. The number of nitrogens with zero attached hydrogens (tertiary/aromatic N) is 1. The summed E-state index contributed by atoms with van der Waals surface area (Å²) in [6.45, 7) is 1.10. The lowest BCUT2D eigenvalue weighted by molar-refractivity contribution is -0.870. The molecule has 1 atom stereocenters. The van der Waals surface area contributed by atoms with Crippen molar-refractivity contribution in [1.29, 1.82) is 0 Å². The number of unbranched alkanes of at least 4 members (excludes halogenated alkanes) is 3. The zero-order valence-corrected chi connectivity index (χ0v) is 22.3. The van der Waals surface area contributed by atoms with Crippen LogP contribution in [0.2, 0.25) is 0 Å². The minimum Gasteiger partial charge on any atom is -0.329 e. The van der Waals surface area contributed by atoms with Gasteiger partial charge in [-0.05, 0) is 36.0 Å². The molecule has 0 bridgehead atoms. The first kappa shape index (κ1) is 29.0. The molecule has 35 heavy (non-hydrogen) atoms. The second-order valence-corrected chi connectivity index (χ2v) is 11.0. The van der Waals surface area contributed by atoms with E-state index in [1.54, 1.807) is 0 Å². The lowest BCUT2D eigenvalue weighted by Gasteiger charge is -2.24. The van der Waals surface area contributed by atoms with Crippen molar-refractivity contribution in [2.75, 3.05) is 40.9 Å². The lowest BCUT2D eigenvalue weighted by atomic mass is 10.0. The number of benzene rings is 2. The minimum atomic E-state index is -3.94. The Balaban J connectivity index is 1.56. The molecule has 2 rings (SSSR count). The molecule has 0 saturated heterocycles. The maximum Gasteiger partial charge on any atom is 0.472 e. The van der Waals surface area contributed by atoms with Crippen LogP contribution in [0.15, 0.2) is 78.9 Å². The fourth-order valence-corrected chi connectivity index (χ4v) is 4.00. The summed E-state index contributed by atoms with van der Waals surface area (Å²) < 4.78 is 22.6. The Labute approximate surface area is 211 Å². The zero-order valence-electron chi connectivity index (χ0n) is 21.4. The van der Waals surface area contributed by atoms with Gasteiger partial charge in [-0.1, -0.05) is 104 Å². The van der Waals surface area contributed by atoms with Crippen LogP contribution in [0.1, 0.15) is 42.4 Å².